The molecule has 0 aliphatic heterocycles. The molecule has 0 atom stereocenters. The van der Waals surface area contributed by atoms with E-state index >= 15 is 0 Å². The Balaban J connectivity index is 1.98. The second-order valence-corrected chi connectivity index (χ2v) is 4.99. The Hall–Kier alpha value is -2.69. The van der Waals surface area contributed by atoms with E-state index in [1.54, 1.807) is 41.4 Å². The molecule has 0 saturated heterocycles. The fourth-order valence-corrected chi connectivity index (χ4v) is 2.15. The smallest absolute Gasteiger partial charge is 0.197 e. The molecule has 3 aromatic rings. The largest absolute Gasteiger partial charge is 0.491 e. The van der Waals surface area contributed by atoms with Crippen molar-refractivity contribution in [3.63, 3.8) is 0 Å². The Bertz CT molecular complexity index is 793. The third kappa shape index (κ3) is 2.63. The minimum Gasteiger partial charge on any atom is -0.491 e. The van der Waals surface area contributed by atoms with Gasteiger partial charge in [0.15, 0.2) is 5.78 Å². The molecule has 3 rings (SSSR count). The first-order chi connectivity index (χ1) is 10.1. The average Bonchev–Trinajstić information content (AvgIpc) is 2.90. The van der Waals surface area contributed by atoms with Gasteiger partial charge in [0.2, 0.25) is 0 Å². The van der Waals surface area contributed by atoms with Gasteiger partial charge < -0.3 is 4.74 Å². The standard InChI is InChI=1S/C16H15N3O2/c1-11(2)21-13-5-3-4-12(8-13)16(20)14-9-18-19-7-6-17-10-15(14)19/h3-11H,1-2H3. The maximum atomic E-state index is 12.6. The third-order valence-corrected chi connectivity index (χ3v) is 3.04. The average molecular weight is 281 g/mol. The zero-order valence-corrected chi connectivity index (χ0v) is 11.9. The van der Waals surface area contributed by atoms with Crippen molar-refractivity contribution in [1.82, 2.24) is 14.6 Å². The molecule has 21 heavy (non-hydrogen) atoms. The molecule has 0 unspecified atom stereocenters. The van der Waals surface area contributed by atoms with Crippen LogP contribution in [0.15, 0.2) is 49.1 Å². The minimum absolute atomic E-state index is 0.0662. The number of nitrogens with zero attached hydrogens (tertiary/aromatic N) is 3. The Morgan fingerprint density at radius 1 is 1.29 bits per heavy atom. The molecule has 2 aromatic heterocycles. The lowest BCUT2D eigenvalue weighted by atomic mass is 10.0. The van der Waals surface area contributed by atoms with E-state index < -0.39 is 0 Å². The van der Waals surface area contributed by atoms with Crippen molar-refractivity contribution in [3.8, 4) is 5.75 Å². The van der Waals surface area contributed by atoms with Crippen molar-refractivity contribution in [2.75, 3.05) is 0 Å². The van der Waals surface area contributed by atoms with Crippen LogP contribution in [0.1, 0.15) is 29.8 Å². The first-order valence-corrected chi connectivity index (χ1v) is 6.74. The summed E-state index contributed by atoms with van der Waals surface area (Å²) in [5.74, 6) is 0.595. The fraction of sp³-hybridized carbons (Fsp3) is 0.188. The normalized spacial score (nSPS) is 11.0. The van der Waals surface area contributed by atoms with Crippen LogP contribution in [0.5, 0.6) is 5.75 Å². The van der Waals surface area contributed by atoms with Crippen LogP contribution in [0.3, 0.4) is 0 Å². The van der Waals surface area contributed by atoms with Crippen molar-refractivity contribution in [2.24, 2.45) is 0 Å². The Morgan fingerprint density at radius 2 is 2.14 bits per heavy atom. The predicted octanol–water partition coefficient (Wildman–Crippen LogP) is 2.75. The van der Waals surface area contributed by atoms with E-state index in [1.165, 1.54) is 0 Å². The molecule has 1 aromatic carbocycles. The van der Waals surface area contributed by atoms with Gasteiger partial charge >= 0.3 is 0 Å². The van der Waals surface area contributed by atoms with Crippen LogP contribution in [0.4, 0.5) is 0 Å². The van der Waals surface area contributed by atoms with Crippen LogP contribution in [0.25, 0.3) is 5.52 Å². The molecule has 5 nitrogen and oxygen atoms in total. The van der Waals surface area contributed by atoms with E-state index in [4.69, 9.17) is 4.74 Å². The number of rotatable bonds is 4. The van der Waals surface area contributed by atoms with Crippen LogP contribution in [-0.2, 0) is 0 Å². The van der Waals surface area contributed by atoms with Crippen LogP contribution in [-0.4, -0.2) is 26.5 Å². The summed E-state index contributed by atoms with van der Waals surface area (Å²) in [5.41, 5.74) is 1.80. The van der Waals surface area contributed by atoms with Gasteiger partial charge in [-0.25, -0.2) is 4.52 Å². The molecule has 2 heterocycles. The maximum absolute atomic E-state index is 12.6. The molecule has 106 valence electrons. The van der Waals surface area contributed by atoms with Gasteiger partial charge in [0.05, 0.1) is 29.6 Å². The van der Waals surface area contributed by atoms with Gasteiger partial charge in [-0.15, -0.1) is 0 Å². The van der Waals surface area contributed by atoms with Crippen LogP contribution in [0, 0.1) is 0 Å². The molecule has 0 aliphatic rings. The highest BCUT2D eigenvalue weighted by atomic mass is 16.5. The predicted molar refractivity (Wildman–Crippen MR) is 78.6 cm³/mol. The highest BCUT2D eigenvalue weighted by Crippen LogP contribution is 2.19. The summed E-state index contributed by atoms with van der Waals surface area (Å²) in [5, 5.41) is 4.16. The summed E-state index contributed by atoms with van der Waals surface area (Å²) in [6.45, 7) is 3.90. The highest BCUT2D eigenvalue weighted by molar-refractivity contribution is 6.13. The number of hydrogen-bond donors (Lipinski definition) is 0. The SMILES string of the molecule is CC(C)Oc1cccc(C(=O)c2cnn3ccncc23)c1. The van der Waals surface area contributed by atoms with Gasteiger partial charge in [-0.05, 0) is 26.0 Å². The van der Waals surface area contributed by atoms with Gasteiger partial charge in [0.25, 0.3) is 0 Å². The van der Waals surface area contributed by atoms with Crippen molar-refractivity contribution < 1.29 is 9.53 Å². The first kappa shape index (κ1) is 13.3. The summed E-state index contributed by atoms with van der Waals surface area (Å²) >= 11 is 0. The van der Waals surface area contributed by atoms with Gasteiger partial charge in [-0.1, -0.05) is 12.1 Å². The molecule has 0 aliphatic carbocycles. The van der Waals surface area contributed by atoms with Gasteiger partial charge in [-0.2, -0.15) is 5.10 Å². The number of benzene rings is 1. The lowest BCUT2D eigenvalue weighted by Crippen LogP contribution is -2.07. The molecular formula is C16H15N3O2. The zero-order valence-electron chi connectivity index (χ0n) is 11.9. The lowest BCUT2D eigenvalue weighted by Gasteiger charge is -2.10. The summed E-state index contributed by atoms with van der Waals surface area (Å²) < 4.78 is 7.26. The number of fused-ring (bicyclic) bond motifs is 1. The third-order valence-electron chi connectivity index (χ3n) is 3.04. The van der Waals surface area contributed by atoms with Crippen molar-refractivity contribution in [1.29, 1.82) is 0 Å². The van der Waals surface area contributed by atoms with E-state index in [2.05, 4.69) is 10.1 Å². The molecule has 0 saturated carbocycles. The van der Waals surface area contributed by atoms with Gasteiger partial charge in [0, 0.05) is 18.0 Å². The Labute approximate surface area is 122 Å². The number of hydrogen-bond acceptors (Lipinski definition) is 4. The van der Waals surface area contributed by atoms with E-state index in [1.807, 2.05) is 26.0 Å². The summed E-state index contributed by atoms with van der Waals surface area (Å²) in [4.78, 5) is 16.7. The number of ketones is 1. The van der Waals surface area contributed by atoms with Crippen molar-refractivity contribution in [2.45, 2.75) is 20.0 Å². The molecule has 0 bridgehead atoms. The van der Waals surface area contributed by atoms with Crippen LogP contribution >= 0.6 is 0 Å². The van der Waals surface area contributed by atoms with E-state index in [0.717, 1.165) is 0 Å². The first-order valence-electron chi connectivity index (χ1n) is 6.74. The van der Waals surface area contributed by atoms with E-state index in [0.29, 0.717) is 22.4 Å². The molecule has 0 spiro atoms. The Kier molecular flexibility index (Phi) is 3.39. The number of ether oxygens (including phenoxy) is 1. The number of carbonyl (C=O) groups is 1. The summed E-state index contributed by atoms with van der Waals surface area (Å²) in [6, 6.07) is 7.18. The molecule has 0 fully saturated rings. The fourth-order valence-electron chi connectivity index (χ4n) is 2.15. The van der Waals surface area contributed by atoms with E-state index in [9.17, 15) is 4.79 Å². The second-order valence-electron chi connectivity index (χ2n) is 4.99. The van der Waals surface area contributed by atoms with Crippen molar-refractivity contribution >= 4 is 11.3 Å². The lowest BCUT2D eigenvalue weighted by molar-refractivity contribution is 0.103. The molecule has 5 heteroatoms. The Morgan fingerprint density at radius 3 is 2.95 bits per heavy atom. The van der Waals surface area contributed by atoms with Crippen LogP contribution in [0.2, 0.25) is 0 Å². The molecular weight excluding hydrogens is 266 g/mol. The highest BCUT2D eigenvalue weighted by Gasteiger charge is 2.15. The molecule has 0 radical (unpaired) electrons. The number of carbonyl (C=O) groups excluding carboxylic acids is 1. The molecule has 0 amide bonds. The zero-order chi connectivity index (χ0) is 14.8. The summed E-state index contributed by atoms with van der Waals surface area (Å²) in [7, 11) is 0. The van der Waals surface area contributed by atoms with Gasteiger partial charge in [0.1, 0.15) is 5.75 Å². The number of aromatic nitrogens is 3. The molecule has 0 N–H and O–H groups in total. The summed E-state index contributed by atoms with van der Waals surface area (Å²) in [6.07, 6.45) is 6.61. The maximum Gasteiger partial charge on any atom is 0.197 e. The van der Waals surface area contributed by atoms with Crippen LogP contribution < -0.4 is 4.74 Å². The second kappa shape index (κ2) is 5.36. The van der Waals surface area contributed by atoms with E-state index in [-0.39, 0.29) is 11.9 Å². The van der Waals surface area contributed by atoms with Gasteiger partial charge in [-0.3, -0.25) is 9.78 Å². The quantitative estimate of drug-likeness (QED) is 0.690. The minimum atomic E-state index is -0.0905. The monoisotopic (exact) mass is 281 g/mol. The van der Waals surface area contributed by atoms with Crippen molar-refractivity contribution in [3.05, 3.63) is 60.2 Å². The topological polar surface area (TPSA) is 56.5 Å².